The predicted molar refractivity (Wildman–Crippen MR) is 83.5 cm³/mol. The average Bonchev–Trinajstić information content (AvgIpc) is 3.33. The molecule has 1 fully saturated rings. The first-order chi connectivity index (χ1) is 11.2. The van der Waals surface area contributed by atoms with Crippen LogP contribution in [0, 0.1) is 0 Å². The van der Waals surface area contributed by atoms with Crippen LogP contribution in [0.25, 0.3) is 0 Å². The molecular weight excluding hydrogens is 292 g/mol. The lowest BCUT2D eigenvalue weighted by atomic mass is 9.93. The Balaban J connectivity index is 1.57. The van der Waals surface area contributed by atoms with E-state index in [2.05, 4.69) is 32.5 Å². The van der Waals surface area contributed by atoms with E-state index < -0.39 is 0 Å². The number of amides is 1. The Kier molecular flexibility index (Phi) is 3.61. The second-order valence-corrected chi connectivity index (χ2v) is 6.33. The summed E-state index contributed by atoms with van der Waals surface area (Å²) in [6, 6.07) is 8.07. The minimum atomic E-state index is -0.203. The van der Waals surface area contributed by atoms with Crippen molar-refractivity contribution in [3.63, 3.8) is 0 Å². The smallest absolute Gasteiger partial charge is 0.240 e. The van der Waals surface area contributed by atoms with Gasteiger partial charge in [0.15, 0.2) is 5.82 Å². The second kappa shape index (κ2) is 5.77. The first kappa shape index (κ1) is 14.4. The summed E-state index contributed by atoms with van der Waals surface area (Å²) in [5.74, 6) is 1.92. The summed E-state index contributed by atoms with van der Waals surface area (Å²) in [7, 11) is 1.68. The van der Waals surface area contributed by atoms with E-state index >= 15 is 0 Å². The van der Waals surface area contributed by atoms with Crippen molar-refractivity contribution < 1.29 is 9.32 Å². The maximum Gasteiger partial charge on any atom is 0.240 e. The summed E-state index contributed by atoms with van der Waals surface area (Å²) >= 11 is 0. The summed E-state index contributed by atoms with van der Waals surface area (Å²) in [6.07, 6.45) is 3.01. The van der Waals surface area contributed by atoms with Crippen molar-refractivity contribution >= 4 is 5.91 Å². The minimum Gasteiger partial charge on any atom is -0.358 e. The van der Waals surface area contributed by atoms with E-state index in [0.717, 1.165) is 25.2 Å². The molecule has 1 aliphatic carbocycles. The molecule has 0 unspecified atom stereocenters. The summed E-state index contributed by atoms with van der Waals surface area (Å²) in [5, 5.41) is 6.83. The molecule has 1 N–H and O–H groups in total. The molecule has 6 heteroatoms. The lowest BCUT2D eigenvalue weighted by Crippen LogP contribution is -2.49. The molecule has 2 heterocycles. The first-order valence-electron chi connectivity index (χ1n) is 8.09. The van der Waals surface area contributed by atoms with E-state index in [0.29, 0.717) is 24.8 Å². The number of hydrogen-bond donors (Lipinski definition) is 1. The van der Waals surface area contributed by atoms with Crippen LogP contribution < -0.4 is 5.32 Å². The fraction of sp³-hybridized carbons (Fsp3) is 0.471. The van der Waals surface area contributed by atoms with Gasteiger partial charge in [0.05, 0.1) is 12.6 Å². The van der Waals surface area contributed by atoms with Gasteiger partial charge in [0, 0.05) is 19.5 Å². The Bertz CT molecular complexity index is 723. The Labute approximate surface area is 134 Å². The van der Waals surface area contributed by atoms with Gasteiger partial charge < -0.3 is 9.84 Å². The Morgan fingerprint density at radius 3 is 2.87 bits per heavy atom. The molecule has 23 heavy (non-hydrogen) atoms. The van der Waals surface area contributed by atoms with E-state index in [1.54, 1.807) is 7.05 Å². The van der Waals surface area contributed by atoms with Crippen LogP contribution in [0.2, 0.25) is 0 Å². The third kappa shape index (κ3) is 2.86. The molecule has 2 aromatic rings. The summed E-state index contributed by atoms with van der Waals surface area (Å²) < 4.78 is 5.38. The third-order valence-corrected chi connectivity index (χ3v) is 4.66. The van der Waals surface area contributed by atoms with Gasteiger partial charge in [-0.15, -0.1) is 0 Å². The van der Waals surface area contributed by atoms with E-state index in [-0.39, 0.29) is 11.9 Å². The standard InChI is InChI=1S/C17H20N4O2/c1-18-17(22)14-8-12-4-2-3-5-13(12)9-21(14)10-15-19-16(20-23-15)11-6-7-11/h2-5,11,14H,6-10H2,1H3,(H,18,22)/t14-/m1/s1. The van der Waals surface area contributed by atoms with Crippen molar-refractivity contribution in [3.05, 3.63) is 47.1 Å². The fourth-order valence-electron chi connectivity index (χ4n) is 3.18. The van der Waals surface area contributed by atoms with E-state index in [9.17, 15) is 4.79 Å². The number of likely N-dealkylation sites (N-methyl/N-ethyl adjacent to an activating group) is 1. The predicted octanol–water partition coefficient (Wildman–Crippen LogP) is 1.62. The average molecular weight is 312 g/mol. The maximum atomic E-state index is 12.3. The van der Waals surface area contributed by atoms with Gasteiger partial charge in [0.2, 0.25) is 11.8 Å². The zero-order valence-electron chi connectivity index (χ0n) is 13.2. The lowest BCUT2D eigenvalue weighted by molar-refractivity contribution is -0.126. The van der Waals surface area contributed by atoms with Crippen LogP contribution >= 0.6 is 0 Å². The molecule has 1 amide bonds. The Hall–Kier alpha value is -2.21. The van der Waals surface area contributed by atoms with E-state index in [4.69, 9.17) is 4.52 Å². The van der Waals surface area contributed by atoms with Crippen LogP contribution in [0.4, 0.5) is 0 Å². The van der Waals surface area contributed by atoms with Crippen LogP contribution in [0.5, 0.6) is 0 Å². The van der Waals surface area contributed by atoms with Crippen LogP contribution in [0.15, 0.2) is 28.8 Å². The van der Waals surface area contributed by atoms with Crippen molar-refractivity contribution in [1.82, 2.24) is 20.4 Å². The van der Waals surface area contributed by atoms with Gasteiger partial charge in [0.25, 0.3) is 0 Å². The van der Waals surface area contributed by atoms with Gasteiger partial charge in [-0.25, -0.2) is 0 Å². The van der Waals surface area contributed by atoms with Crippen molar-refractivity contribution in [1.29, 1.82) is 0 Å². The highest BCUT2D eigenvalue weighted by Gasteiger charge is 2.33. The van der Waals surface area contributed by atoms with Crippen molar-refractivity contribution in [2.45, 2.75) is 44.3 Å². The number of benzene rings is 1. The molecule has 0 radical (unpaired) electrons. The molecule has 0 spiro atoms. The van der Waals surface area contributed by atoms with Crippen LogP contribution in [0.1, 0.15) is 41.6 Å². The molecule has 1 aliphatic heterocycles. The number of aromatic nitrogens is 2. The molecule has 1 aromatic heterocycles. The highest BCUT2D eigenvalue weighted by atomic mass is 16.5. The van der Waals surface area contributed by atoms with Gasteiger partial charge in [-0.2, -0.15) is 4.98 Å². The van der Waals surface area contributed by atoms with Gasteiger partial charge in [-0.1, -0.05) is 29.4 Å². The van der Waals surface area contributed by atoms with E-state index in [1.165, 1.54) is 11.1 Å². The SMILES string of the molecule is CNC(=O)[C@H]1Cc2ccccc2CN1Cc1nc(C2CC2)no1. The van der Waals surface area contributed by atoms with Crippen molar-refractivity contribution in [3.8, 4) is 0 Å². The first-order valence-corrected chi connectivity index (χ1v) is 8.09. The van der Waals surface area contributed by atoms with Crippen molar-refractivity contribution in [2.24, 2.45) is 0 Å². The topological polar surface area (TPSA) is 71.3 Å². The third-order valence-electron chi connectivity index (χ3n) is 4.66. The quantitative estimate of drug-likeness (QED) is 0.929. The fourth-order valence-corrected chi connectivity index (χ4v) is 3.18. The molecule has 6 nitrogen and oxygen atoms in total. The van der Waals surface area contributed by atoms with Crippen molar-refractivity contribution in [2.75, 3.05) is 7.05 Å². The van der Waals surface area contributed by atoms with Crippen LogP contribution in [0.3, 0.4) is 0 Å². The summed E-state index contributed by atoms with van der Waals surface area (Å²) in [5.41, 5.74) is 2.50. The second-order valence-electron chi connectivity index (χ2n) is 6.33. The van der Waals surface area contributed by atoms with Gasteiger partial charge >= 0.3 is 0 Å². The minimum absolute atomic E-state index is 0.0291. The highest BCUT2D eigenvalue weighted by molar-refractivity contribution is 5.82. The molecule has 120 valence electrons. The van der Waals surface area contributed by atoms with Gasteiger partial charge in [-0.3, -0.25) is 9.69 Å². The zero-order valence-corrected chi connectivity index (χ0v) is 13.2. The lowest BCUT2D eigenvalue weighted by Gasteiger charge is -2.34. The molecule has 1 aromatic carbocycles. The monoisotopic (exact) mass is 312 g/mol. The number of rotatable bonds is 4. The number of nitrogens with zero attached hydrogens (tertiary/aromatic N) is 3. The normalized spacial score (nSPS) is 21.0. The van der Waals surface area contributed by atoms with Crippen LogP contribution in [-0.2, 0) is 24.3 Å². The summed E-state index contributed by atoms with van der Waals surface area (Å²) in [4.78, 5) is 18.9. The number of fused-ring (bicyclic) bond motifs is 1. The molecule has 0 bridgehead atoms. The molecule has 0 saturated heterocycles. The van der Waals surface area contributed by atoms with Gasteiger partial charge in [0.1, 0.15) is 0 Å². The Morgan fingerprint density at radius 1 is 1.35 bits per heavy atom. The molecule has 1 saturated carbocycles. The summed E-state index contributed by atoms with van der Waals surface area (Å²) in [6.45, 7) is 1.22. The number of carbonyl (C=O) groups excluding carboxylic acids is 1. The molecule has 4 rings (SSSR count). The number of carbonyl (C=O) groups is 1. The largest absolute Gasteiger partial charge is 0.358 e. The van der Waals surface area contributed by atoms with E-state index in [1.807, 2.05) is 12.1 Å². The number of nitrogens with one attached hydrogen (secondary N) is 1. The molecule has 1 atom stereocenters. The Morgan fingerprint density at radius 2 is 2.13 bits per heavy atom. The molecule has 2 aliphatic rings. The van der Waals surface area contributed by atoms with Gasteiger partial charge in [-0.05, 0) is 30.4 Å². The van der Waals surface area contributed by atoms with Crippen LogP contribution in [-0.4, -0.2) is 34.0 Å². The molecular formula is C17H20N4O2. The maximum absolute atomic E-state index is 12.3. The zero-order chi connectivity index (χ0) is 15.8. The number of hydrogen-bond acceptors (Lipinski definition) is 5. The highest BCUT2D eigenvalue weighted by Crippen LogP contribution is 2.38.